The summed E-state index contributed by atoms with van der Waals surface area (Å²) in [6.45, 7) is 5.24. The summed E-state index contributed by atoms with van der Waals surface area (Å²) in [5.74, 6) is 0.477. The van der Waals surface area contributed by atoms with Gasteiger partial charge >= 0.3 is 0 Å². The van der Waals surface area contributed by atoms with Crippen LogP contribution in [0.1, 0.15) is 24.2 Å². The lowest BCUT2D eigenvalue weighted by Crippen LogP contribution is -2.13. The number of hydrogen-bond acceptors (Lipinski definition) is 3. The van der Waals surface area contributed by atoms with Gasteiger partial charge in [-0.3, -0.25) is 9.78 Å². The topological polar surface area (TPSA) is 60.9 Å². The Bertz CT molecular complexity index is 834. The van der Waals surface area contributed by atoms with Crippen molar-refractivity contribution < 1.29 is 4.79 Å². The molecule has 23 heavy (non-hydrogen) atoms. The summed E-state index contributed by atoms with van der Waals surface area (Å²) in [4.78, 5) is 16.2. The van der Waals surface area contributed by atoms with Crippen molar-refractivity contribution in [3.8, 4) is 11.1 Å². The average Bonchev–Trinajstić information content (AvgIpc) is 2.92. The first-order valence-electron chi connectivity index (χ1n) is 7.86. The molecule has 0 radical (unpaired) electrons. The highest BCUT2D eigenvalue weighted by molar-refractivity contribution is 6.09. The molecule has 2 heterocycles. The normalized spacial score (nSPS) is 11.3. The van der Waals surface area contributed by atoms with Gasteiger partial charge in [0.05, 0.1) is 6.54 Å². The van der Waals surface area contributed by atoms with Crippen LogP contribution in [-0.2, 0) is 6.54 Å². The Labute approximate surface area is 136 Å². The molecule has 0 bridgehead atoms. The summed E-state index contributed by atoms with van der Waals surface area (Å²) >= 11 is 0. The first-order valence-corrected chi connectivity index (χ1v) is 7.86. The summed E-state index contributed by atoms with van der Waals surface area (Å²) in [6.07, 6.45) is 5.52. The van der Waals surface area contributed by atoms with Crippen LogP contribution >= 0.6 is 0 Å². The molecule has 0 unspecified atom stereocenters. The van der Waals surface area contributed by atoms with Gasteiger partial charge in [0.2, 0.25) is 0 Å². The summed E-state index contributed by atoms with van der Waals surface area (Å²) in [7, 11) is 0. The first-order chi connectivity index (χ1) is 11.1. The molecule has 0 amide bonds. The fourth-order valence-corrected chi connectivity index (χ4v) is 2.89. The van der Waals surface area contributed by atoms with Gasteiger partial charge in [-0.25, -0.2) is 0 Å². The third-order valence-electron chi connectivity index (χ3n) is 3.94. The second-order valence-electron chi connectivity index (χ2n) is 6.18. The molecule has 0 aliphatic rings. The third kappa shape index (κ3) is 3.03. The SMILES string of the molecule is CC(C)Cn1cc(C(=O)CN)c2ccc(-c3ccncc3)cc21. The average molecular weight is 307 g/mol. The standard InChI is InChI=1S/C19H21N3O/c1-13(2)11-22-12-17(19(23)10-20)16-4-3-15(9-18(16)22)14-5-7-21-8-6-14/h3-9,12-13H,10-11,20H2,1-2H3. The van der Waals surface area contributed by atoms with E-state index in [0.717, 1.165) is 28.6 Å². The van der Waals surface area contributed by atoms with Crippen LogP contribution in [0.2, 0.25) is 0 Å². The number of benzene rings is 1. The number of fused-ring (bicyclic) bond motifs is 1. The molecule has 0 saturated heterocycles. The smallest absolute Gasteiger partial charge is 0.178 e. The molecule has 118 valence electrons. The number of hydrogen-bond donors (Lipinski definition) is 1. The van der Waals surface area contributed by atoms with Crippen LogP contribution < -0.4 is 5.73 Å². The summed E-state index contributed by atoms with van der Waals surface area (Å²) in [5, 5.41) is 0.971. The lowest BCUT2D eigenvalue weighted by molar-refractivity contribution is 0.100. The quantitative estimate of drug-likeness (QED) is 0.734. The maximum atomic E-state index is 12.1. The Hall–Kier alpha value is -2.46. The molecule has 2 N–H and O–H groups in total. The first kappa shape index (κ1) is 15.4. The molecule has 0 aliphatic carbocycles. The number of pyridine rings is 1. The van der Waals surface area contributed by atoms with Crippen molar-refractivity contribution in [1.82, 2.24) is 9.55 Å². The second-order valence-corrected chi connectivity index (χ2v) is 6.18. The number of aromatic nitrogens is 2. The van der Waals surface area contributed by atoms with Gasteiger partial charge < -0.3 is 10.3 Å². The van der Waals surface area contributed by atoms with Crippen molar-refractivity contribution in [3.63, 3.8) is 0 Å². The predicted molar refractivity (Wildman–Crippen MR) is 93.4 cm³/mol. The maximum absolute atomic E-state index is 12.1. The number of carbonyl (C=O) groups is 1. The fourth-order valence-electron chi connectivity index (χ4n) is 2.89. The van der Waals surface area contributed by atoms with Gasteiger partial charge in [-0.1, -0.05) is 26.0 Å². The molecule has 0 spiro atoms. The molecule has 0 atom stereocenters. The molecular weight excluding hydrogens is 286 g/mol. The molecule has 2 aromatic heterocycles. The zero-order chi connectivity index (χ0) is 16.4. The third-order valence-corrected chi connectivity index (χ3v) is 3.94. The molecule has 0 fully saturated rings. The van der Waals surface area contributed by atoms with Crippen molar-refractivity contribution in [2.24, 2.45) is 11.7 Å². The molecule has 1 aromatic carbocycles. The van der Waals surface area contributed by atoms with Gasteiger partial charge in [0, 0.05) is 41.6 Å². The number of carbonyl (C=O) groups excluding carboxylic acids is 1. The molecular formula is C19H21N3O. The van der Waals surface area contributed by atoms with Gasteiger partial charge in [-0.15, -0.1) is 0 Å². The van der Waals surface area contributed by atoms with E-state index in [-0.39, 0.29) is 12.3 Å². The second kappa shape index (κ2) is 6.34. The number of nitrogens with two attached hydrogens (primary N) is 1. The predicted octanol–water partition coefficient (Wildman–Crippen LogP) is 3.50. The summed E-state index contributed by atoms with van der Waals surface area (Å²) in [5.41, 5.74) is 9.58. The number of Topliss-reactive ketones (excluding diaryl/α,β-unsaturated/α-hetero) is 1. The molecule has 0 aliphatic heterocycles. The Morgan fingerprint density at radius 2 is 1.91 bits per heavy atom. The highest BCUT2D eigenvalue weighted by atomic mass is 16.1. The van der Waals surface area contributed by atoms with E-state index in [0.29, 0.717) is 11.5 Å². The van der Waals surface area contributed by atoms with Crippen LogP contribution in [-0.4, -0.2) is 21.9 Å². The lowest BCUT2D eigenvalue weighted by Gasteiger charge is -2.09. The van der Waals surface area contributed by atoms with E-state index in [1.54, 1.807) is 12.4 Å². The van der Waals surface area contributed by atoms with E-state index in [1.807, 2.05) is 30.5 Å². The number of ketones is 1. The molecule has 3 rings (SSSR count). The van der Waals surface area contributed by atoms with Crippen LogP contribution in [0.5, 0.6) is 0 Å². The largest absolute Gasteiger partial charge is 0.346 e. The van der Waals surface area contributed by atoms with Crippen LogP contribution in [0.25, 0.3) is 22.0 Å². The molecule has 4 heteroatoms. The number of rotatable bonds is 5. The van der Waals surface area contributed by atoms with E-state index in [9.17, 15) is 4.79 Å². The van der Waals surface area contributed by atoms with Crippen molar-refractivity contribution in [2.75, 3.05) is 6.54 Å². The van der Waals surface area contributed by atoms with E-state index >= 15 is 0 Å². The van der Waals surface area contributed by atoms with Crippen LogP contribution in [0.4, 0.5) is 0 Å². The molecule has 4 nitrogen and oxygen atoms in total. The Balaban J connectivity index is 2.18. The van der Waals surface area contributed by atoms with E-state index < -0.39 is 0 Å². The van der Waals surface area contributed by atoms with Gasteiger partial charge in [0.25, 0.3) is 0 Å². The highest BCUT2D eigenvalue weighted by Gasteiger charge is 2.15. The Morgan fingerprint density at radius 3 is 2.57 bits per heavy atom. The van der Waals surface area contributed by atoms with Gasteiger partial charge in [0.1, 0.15) is 0 Å². The lowest BCUT2D eigenvalue weighted by atomic mass is 10.0. The Kier molecular flexibility index (Phi) is 4.26. The zero-order valence-electron chi connectivity index (χ0n) is 13.5. The fraction of sp³-hybridized carbons (Fsp3) is 0.263. The number of nitrogens with zero attached hydrogens (tertiary/aromatic N) is 2. The van der Waals surface area contributed by atoms with Gasteiger partial charge in [-0.2, -0.15) is 0 Å². The van der Waals surface area contributed by atoms with Crippen LogP contribution in [0.15, 0.2) is 48.9 Å². The summed E-state index contributed by atoms with van der Waals surface area (Å²) < 4.78 is 2.16. The van der Waals surface area contributed by atoms with E-state index in [4.69, 9.17) is 5.73 Å². The Morgan fingerprint density at radius 1 is 1.17 bits per heavy atom. The van der Waals surface area contributed by atoms with Crippen LogP contribution in [0.3, 0.4) is 0 Å². The minimum Gasteiger partial charge on any atom is -0.346 e. The van der Waals surface area contributed by atoms with Gasteiger partial charge in [-0.05, 0) is 35.2 Å². The molecule has 0 saturated carbocycles. The maximum Gasteiger partial charge on any atom is 0.178 e. The van der Waals surface area contributed by atoms with Crippen LogP contribution in [0, 0.1) is 5.92 Å². The van der Waals surface area contributed by atoms with Crippen molar-refractivity contribution in [1.29, 1.82) is 0 Å². The minimum absolute atomic E-state index is 0.0193. The zero-order valence-corrected chi connectivity index (χ0v) is 13.5. The monoisotopic (exact) mass is 307 g/mol. The van der Waals surface area contributed by atoms with Gasteiger partial charge in [0.15, 0.2) is 5.78 Å². The minimum atomic E-state index is -0.0193. The van der Waals surface area contributed by atoms with Crippen molar-refractivity contribution in [2.45, 2.75) is 20.4 Å². The van der Waals surface area contributed by atoms with Crippen molar-refractivity contribution in [3.05, 3.63) is 54.5 Å². The van der Waals surface area contributed by atoms with E-state index in [1.165, 1.54) is 0 Å². The highest BCUT2D eigenvalue weighted by Crippen LogP contribution is 2.28. The van der Waals surface area contributed by atoms with Crippen molar-refractivity contribution >= 4 is 16.7 Å². The molecule has 3 aromatic rings. The van der Waals surface area contributed by atoms with E-state index in [2.05, 4.69) is 29.5 Å². The summed E-state index contributed by atoms with van der Waals surface area (Å²) in [6, 6.07) is 10.2.